The molecule has 0 aliphatic rings. The van der Waals surface area contributed by atoms with Gasteiger partial charge in [-0.05, 0) is 24.5 Å². The van der Waals surface area contributed by atoms with Gasteiger partial charge in [0, 0.05) is 11.9 Å². The first kappa shape index (κ1) is 7.39. The summed E-state index contributed by atoms with van der Waals surface area (Å²) in [6.07, 6.45) is 4.53. The van der Waals surface area contributed by atoms with Crippen LogP contribution in [0.25, 0.3) is 0 Å². The molecule has 0 aliphatic heterocycles. The largest absolute Gasteiger partial charge is 0.365 e. The average molecular weight is 137 g/mol. The molecule has 1 atom stereocenters. The Balaban J connectivity index is 2.50. The second-order valence-electron chi connectivity index (χ2n) is 2.82. The van der Waals surface area contributed by atoms with Gasteiger partial charge in [-0.2, -0.15) is 0 Å². The standard InChI is InChI=1S/C9H15N/c1-3-5-8(2)9-6-4-7-10-9/h4,6-8,10H,3,5H2,1-2H3. The Morgan fingerprint density at radius 1 is 1.60 bits per heavy atom. The molecular weight excluding hydrogens is 122 g/mol. The van der Waals surface area contributed by atoms with Gasteiger partial charge in [0.25, 0.3) is 0 Å². The second kappa shape index (κ2) is 3.45. The van der Waals surface area contributed by atoms with Crippen molar-refractivity contribution in [3.8, 4) is 0 Å². The predicted molar refractivity (Wildman–Crippen MR) is 44.1 cm³/mol. The van der Waals surface area contributed by atoms with Gasteiger partial charge in [0.2, 0.25) is 0 Å². The maximum absolute atomic E-state index is 3.22. The highest BCUT2D eigenvalue weighted by molar-refractivity contribution is 5.08. The first-order valence-corrected chi connectivity index (χ1v) is 3.98. The summed E-state index contributed by atoms with van der Waals surface area (Å²) in [5, 5.41) is 0. The number of H-pyrrole nitrogens is 1. The zero-order chi connectivity index (χ0) is 7.40. The lowest BCUT2D eigenvalue weighted by atomic mass is 10.0. The minimum absolute atomic E-state index is 0.694. The first-order chi connectivity index (χ1) is 4.84. The van der Waals surface area contributed by atoms with E-state index in [0.717, 1.165) is 0 Å². The second-order valence-corrected chi connectivity index (χ2v) is 2.82. The van der Waals surface area contributed by atoms with E-state index in [0.29, 0.717) is 5.92 Å². The number of nitrogens with one attached hydrogen (secondary N) is 1. The summed E-state index contributed by atoms with van der Waals surface area (Å²) < 4.78 is 0. The fourth-order valence-electron chi connectivity index (χ4n) is 1.24. The Morgan fingerprint density at radius 3 is 2.90 bits per heavy atom. The van der Waals surface area contributed by atoms with Crippen molar-refractivity contribution >= 4 is 0 Å². The van der Waals surface area contributed by atoms with Gasteiger partial charge in [0.15, 0.2) is 0 Å². The van der Waals surface area contributed by atoms with Gasteiger partial charge in [-0.1, -0.05) is 20.3 Å². The van der Waals surface area contributed by atoms with Gasteiger partial charge in [0.05, 0.1) is 0 Å². The highest BCUT2D eigenvalue weighted by Crippen LogP contribution is 2.17. The molecule has 0 saturated carbocycles. The summed E-state index contributed by atoms with van der Waals surface area (Å²) in [6.45, 7) is 4.48. The van der Waals surface area contributed by atoms with Gasteiger partial charge in [0.1, 0.15) is 0 Å². The minimum Gasteiger partial charge on any atom is -0.365 e. The molecule has 0 radical (unpaired) electrons. The zero-order valence-corrected chi connectivity index (χ0v) is 6.72. The van der Waals surface area contributed by atoms with E-state index < -0.39 is 0 Å². The van der Waals surface area contributed by atoms with E-state index in [9.17, 15) is 0 Å². The molecule has 1 heteroatoms. The van der Waals surface area contributed by atoms with Crippen molar-refractivity contribution in [3.63, 3.8) is 0 Å². The normalized spacial score (nSPS) is 13.4. The van der Waals surface area contributed by atoms with Crippen molar-refractivity contribution in [2.45, 2.75) is 32.6 Å². The third kappa shape index (κ3) is 1.63. The molecule has 10 heavy (non-hydrogen) atoms. The maximum atomic E-state index is 3.22. The summed E-state index contributed by atoms with van der Waals surface area (Å²) in [7, 11) is 0. The lowest BCUT2D eigenvalue weighted by Gasteiger charge is -2.05. The molecule has 0 spiro atoms. The lowest BCUT2D eigenvalue weighted by molar-refractivity contribution is 0.651. The van der Waals surface area contributed by atoms with Crippen molar-refractivity contribution in [2.75, 3.05) is 0 Å². The Morgan fingerprint density at radius 2 is 2.40 bits per heavy atom. The summed E-state index contributed by atoms with van der Waals surface area (Å²) >= 11 is 0. The molecule has 1 heterocycles. The number of rotatable bonds is 3. The van der Waals surface area contributed by atoms with E-state index in [-0.39, 0.29) is 0 Å². The van der Waals surface area contributed by atoms with E-state index in [1.807, 2.05) is 6.20 Å². The Labute approximate surface area is 62.5 Å². The van der Waals surface area contributed by atoms with E-state index in [2.05, 4.69) is 31.0 Å². The summed E-state index contributed by atoms with van der Waals surface area (Å²) in [6, 6.07) is 4.21. The fourth-order valence-corrected chi connectivity index (χ4v) is 1.24. The molecular formula is C9H15N. The molecule has 0 saturated heterocycles. The number of hydrogen-bond acceptors (Lipinski definition) is 0. The number of aromatic amines is 1. The van der Waals surface area contributed by atoms with Crippen LogP contribution in [0.2, 0.25) is 0 Å². The van der Waals surface area contributed by atoms with Crippen molar-refractivity contribution in [2.24, 2.45) is 0 Å². The van der Waals surface area contributed by atoms with Crippen molar-refractivity contribution in [3.05, 3.63) is 24.0 Å². The molecule has 1 unspecified atom stereocenters. The number of hydrogen-bond donors (Lipinski definition) is 1. The third-order valence-electron chi connectivity index (χ3n) is 1.87. The monoisotopic (exact) mass is 137 g/mol. The van der Waals surface area contributed by atoms with E-state index in [4.69, 9.17) is 0 Å². The fraction of sp³-hybridized carbons (Fsp3) is 0.556. The van der Waals surface area contributed by atoms with Crippen LogP contribution < -0.4 is 0 Å². The van der Waals surface area contributed by atoms with Gasteiger partial charge in [-0.25, -0.2) is 0 Å². The van der Waals surface area contributed by atoms with Gasteiger partial charge in [-0.15, -0.1) is 0 Å². The smallest absolute Gasteiger partial charge is 0.0175 e. The highest BCUT2D eigenvalue weighted by Gasteiger charge is 2.02. The Bertz CT molecular complexity index is 165. The molecule has 1 nitrogen and oxygen atoms in total. The van der Waals surface area contributed by atoms with Crippen LogP contribution in [-0.2, 0) is 0 Å². The van der Waals surface area contributed by atoms with Gasteiger partial charge in [-0.3, -0.25) is 0 Å². The zero-order valence-electron chi connectivity index (χ0n) is 6.72. The van der Waals surface area contributed by atoms with Crippen LogP contribution in [0.1, 0.15) is 38.3 Å². The highest BCUT2D eigenvalue weighted by atomic mass is 14.7. The Kier molecular flexibility index (Phi) is 2.55. The first-order valence-electron chi connectivity index (χ1n) is 3.98. The quantitative estimate of drug-likeness (QED) is 0.659. The van der Waals surface area contributed by atoms with Crippen LogP contribution in [-0.4, -0.2) is 4.98 Å². The molecule has 1 rings (SSSR count). The summed E-state index contributed by atoms with van der Waals surface area (Å²) in [4.78, 5) is 3.22. The topological polar surface area (TPSA) is 15.8 Å². The number of aromatic nitrogens is 1. The molecule has 0 fully saturated rings. The molecule has 0 amide bonds. The van der Waals surface area contributed by atoms with Crippen LogP contribution in [0.15, 0.2) is 18.3 Å². The van der Waals surface area contributed by atoms with Gasteiger partial charge < -0.3 is 4.98 Å². The van der Waals surface area contributed by atoms with Crippen LogP contribution in [0.4, 0.5) is 0 Å². The average Bonchev–Trinajstić information content (AvgIpc) is 2.38. The molecule has 0 aromatic carbocycles. The summed E-state index contributed by atoms with van der Waals surface area (Å²) in [5.41, 5.74) is 1.36. The molecule has 1 aromatic heterocycles. The van der Waals surface area contributed by atoms with Crippen LogP contribution >= 0.6 is 0 Å². The summed E-state index contributed by atoms with van der Waals surface area (Å²) in [5.74, 6) is 0.694. The Hall–Kier alpha value is -0.720. The SMILES string of the molecule is CCCC(C)c1ccc[nH]1. The molecule has 1 N–H and O–H groups in total. The third-order valence-corrected chi connectivity index (χ3v) is 1.87. The minimum atomic E-state index is 0.694. The van der Waals surface area contributed by atoms with E-state index in [1.54, 1.807) is 0 Å². The predicted octanol–water partition coefficient (Wildman–Crippen LogP) is 2.92. The molecule has 56 valence electrons. The van der Waals surface area contributed by atoms with E-state index >= 15 is 0 Å². The lowest BCUT2D eigenvalue weighted by Crippen LogP contribution is -1.91. The van der Waals surface area contributed by atoms with Crippen LogP contribution in [0.5, 0.6) is 0 Å². The molecule has 1 aromatic rings. The van der Waals surface area contributed by atoms with Crippen molar-refractivity contribution in [1.29, 1.82) is 0 Å². The molecule has 0 aliphatic carbocycles. The van der Waals surface area contributed by atoms with Crippen molar-refractivity contribution < 1.29 is 0 Å². The van der Waals surface area contributed by atoms with E-state index in [1.165, 1.54) is 18.5 Å². The molecule has 0 bridgehead atoms. The van der Waals surface area contributed by atoms with Crippen LogP contribution in [0.3, 0.4) is 0 Å². The van der Waals surface area contributed by atoms with Crippen LogP contribution in [0, 0.1) is 0 Å². The van der Waals surface area contributed by atoms with Gasteiger partial charge >= 0.3 is 0 Å². The van der Waals surface area contributed by atoms with Crippen molar-refractivity contribution in [1.82, 2.24) is 4.98 Å². The maximum Gasteiger partial charge on any atom is 0.0175 e.